The highest BCUT2D eigenvalue weighted by Crippen LogP contribution is 2.38. The summed E-state index contributed by atoms with van der Waals surface area (Å²) in [5, 5.41) is 30.5. The number of hydrogen-bond donors (Lipinski definition) is 2. The molecule has 12 heteroatoms. The third-order valence-electron chi connectivity index (χ3n) is 6.30. The number of benzene rings is 1. The maximum atomic E-state index is 15.9. The quantitative estimate of drug-likeness (QED) is 0.391. The van der Waals surface area contributed by atoms with Gasteiger partial charge in [0.1, 0.15) is 17.7 Å². The van der Waals surface area contributed by atoms with E-state index in [1.165, 1.54) is 16.9 Å². The number of nitrogens with one attached hydrogen (secondary N) is 1. The van der Waals surface area contributed by atoms with E-state index in [-0.39, 0.29) is 17.7 Å². The predicted molar refractivity (Wildman–Crippen MR) is 129 cm³/mol. The Morgan fingerprint density at radius 3 is 2.78 bits per heavy atom. The lowest BCUT2D eigenvalue weighted by Gasteiger charge is -2.13. The zero-order valence-electron chi connectivity index (χ0n) is 19.1. The van der Waals surface area contributed by atoms with Gasteiger partial charge < -0.3 is 5.73 Å². The first kappa shape index (κ1) is 21.5. The van der Waals surface area contributed by atoms with Crippen LogP contribution in [-0.4, -0.2) is 39.6 Å². The second-order valence-corrected chi connectivity index (χ2v) is 8.28. The smallest absolute Gasteiger partial charge is 0.273 e. The van der Waals surface area contributed by atoms with Crippen molar-refractivity contribution < 1.29 is 4.39 Å². The fourth-order valence-electron chi connectivity index (χ4n) is 4.63. The Kier molecular flexibility index (Phi) is 4.63. The molecule has 6 rings (SSSR count). The number of halogens is 1. The minimum absolute atomic E-state index is 0.0926. The minimum atomic E-state index is -0.606. The van der Waals surface area contributed by atoms with Gasteiger partial charge in [-0.1, -0.05) is 0 Å². The van der Waals surface area contributed by atoms with Gasteiger partial charge in [-0.05, 0) is 31.2 Å². The standard InChI is InChI=1S/C24H17FN10O/c1-11-30-32-21-4-3-12-14(7-26)22(17(25)6-20(12)35(11)21)23-16(10-29-34(23)2)18-5-13-15(9-28-18)24(36)33-31-19(13)8-27/h3-6,9-10H,8,27H2,1-2H3,(H,33,36). The van der Waals surface area contributed by atoms with E-state index in [1.807, 2.05) is 0 Å². The van der Waals surface area contributed by atoms with E-state index in [1.54, 1.807) is 42.8 Å². The number of aromatic nitrogens is 8. The Labute approximate surface area is 201 Å². The van der Waals surface area contributed by atoms with Crippen LogP contribution in [0.1, 0.15) is 17.1 Å². The van der Waals surface area contributed by atoms with Crippen LogP contribution in [0.4, 0.5) is 4.39 Å². The number of pyridine rings is 2. The molecular formula is C24H17FN10O. The molecule has 0 aliphatic rings. The lowest BCUT2D eigenvalue weighted by Crippen LogP contribution is -2.13. The molecule has 176 valence electrons. The van der Waals surface area contributed by atoms with Gasteiger partial charge in [-0.2, -0.15) is 15.5 Å². The number of nitriles is 1. The molecule has 0 fully saturated rings. The number of nitrogens with two attached hydrogens (primary N) is 1. The molecule has 0 amide bonds. The molecule has 0 unspecified atom stereocenters. The molecule has 0 atom stereocenters. The maximum absolute atomic E-state index is 15.9. The van der Waals surface area contributed by atoms with Crippen molar-refractivity contribution in [3.63, 3.8) is 0 Å². The molecule has 36 heavy (non-hydrogen) atoms. The summed E-state index contributed by atoms with van der Waals surface area (Å²) in [6, 6.07) is 8.69. The molecule has 5 heterocycles. The lowest BCUT2D eigenvalue weighted by molar-refractivity contribution is 0.629. The predicted octanol–water partition coefficient (Wildman–Crippen LogP) is 2.36. The zero-order valence-corrected chi connectivity index (χ0v) is 19.1. The molecular weight excluding hydrogens is 463 g/mol. The van der Waals surface area contributed by atoms with Gasteiger partial charge in [0, 0.05) is 36.1 Å². The molecule has 0 bridgehead atoms. The third-order valence-corrected chi connectivity index (χ3v) is 6.30. The molecule has 3 N–H and O–H groups in total. The van der Waals surface area contributed by atoms with Gasteiger partial charge >= 0.3 is 0 Å². The van der Waals surface area contributed by atoms with E-state index in [4.69, 9.17) is 5.73 Å². The van der Waals surface area contributed by atoms with Gasteiger partial charge in [0.05, 0.1) is 45.3 Å². The highest BCUT2D eigenvalue weighted by atomic mass is 19.1. The van der Waals surface area contributed by atoms with E-state index >= 15 is 4.39 Å². The van der Waals surface area contributed by atoms with Crippen LogP contribution in [-0.2, 0) is 13.6 Å². The molecule has 11 nitrogen and oxygen atoms in total. The van der Waals surface area contributed by atoms with Crippen molar-refractivity contribution in [2.45, 2.75) is 13.5 Å². The summed E-state index contributed by atoms with van der Waals surface area (Å²) in [4.78, 5) is 16.7. The lowest BCUT2D eigenvalue weighted by atomic mass is 9.95. The van der Waals surface area contributed by atoms with Crippen molar-refractivity contribution in [2.24, 2.45) is 12.8 Å². The van der Waals surface area contributed by atoms with E-state index in [0.717, 1.165) is 0 Å². The van der Waals surface area contributed by atoms with Crippen molar-refractivity contribution >= 4 is 27.3 Å². The molecule has 0 spiro atoms. The molecule has 5 aromatic heterocycles. The van der Waals surface area contributed by atoms with Crippen LogP contribution in [0.5, 0.6) is 0 Å². The Bertz CT molecular complexity index is 1960. The molecule has 1 aromatic carbocycles. The first-order valence-electron chi connectivity index (χ1n) is 10.9. The molecule has 0 aliphatic heterocycles. The monoisotopic (exact) mass is 480 g/mol. The van der Waals surface area contributed by atoms with Gasteiger partial charge in [-0.3, -0.25) is 18.9 Å². The van der Waals surface area contributed by atoms with Gasteiger partial charge in [0.25, 0.3) is 5.56 Å². The molecule has 0 radical (unpaired) electrons. The highest BCUT2D eigenvalue weighted by Gasteiger charge is 2.24. The number of fused-ring (bicyclic) bond motifs is 4. The Morgan fingerprint density at radius 2 is 2.00 bits per heavy atom. The summed E-state index contributed by atoms with van der Waals surface area (Å²) in [5.41, 5.74) is 8.47. The van der Waals surface area contributed by atoms with Crippen molar-refractivity contribution in [3.05, 3.63) is 69.9 Å². The van der Waals surface area contributed by atoms with Gasteiger partial charge in [-0.15, -0.1) is 10.2 Å². The van der Waals surface area contributed by atoms with Crippen LogP contribution in [0.25, 0.3) is 49.8 Å². The summed E-state index contributed by atoms with van der Waals surface area (Å²) < 4.78 is 19.1. The number of H-pyrrole nitrogens is 1. The van der Waals surface area contributed by atoms with Crippen LogP contribution in [0.2, 0.25) is 0 Å². The zero-order chi connectivity index (χ0) is 25.1. The first-order chi connectivity index (χ1) is 17.4. The number of aryl methyl sites for hydroxylation is 2. The van der Waals surface area contributed by atoms with Crippen molar-refractivity contribution in [1.82, 2.24) is 39.6 Å². The summed E-state index contributed by atoms with van der Waals surface area (Å²) in [6.45, 7) is 1.86. The number of hydrogen-bond acceptors (Lipinski definition) is 8. The van der Waals surface area contributed by atoms with E-state index in [0.29, 0.717) is 55.8 Å². The second-order valence-electron chi connectivity index (χ2n) is 8.28. The highest BCUT2D eigenvalue weighted by molar-refractivity contribution is 5.97. The SMILES string of the molecule is Cc1nnc2ccc3c(C#N)c(-c4c(-c5cc6c(CN)n[nH]c(=O)c6cn5)cnn4C)c(F)cc3n12. The van der Waals surface area contributed by atoms with E-state index in [2.05, 4.69) is 36.5 Å². The number of nitrogens with zero attached hydrogens (tertiary/aromatic N) is 8. The first-order valence-corrected chi connectivity index (χ1v) is 10.9. The average molecular weight is 480 g/mol. The van der Waals surface area contributed by atoms with Crippen LogP contribution in [0.15, 0.2) is 41.5 Å². The largest absolute Gasteiger partial charge is 0.325 e. The van der Waals surface area contributed by atoms with Crippen molar-refractivity contribution in [3.8, 4) is 28.6 Å². The molecule has 0 saturated carbocycles. The van der Waals surface area contributed by atoms with Crippen LogP contribution in [0, 0.1) is 24.1 Å². The molecule has 6 aromatic rings. The summed E-state index contributed by atoms with van der Waals surface area (Å²) in [5.74, 6) is -0.0291. The Hall–Kier alpha value is -5.02. The van der Waals surface area contributed by atoms with Gasteiger partial charge in [0.15, 0.2) is 5.65 Å². The number of aromatic amines is 1. The van der Waals surface area contributed by atoms with E-state index in [9.17, 15) is 10.1 Å². The summed E-state index contributed by atoms with van der Waals surface area (Å²) in [6.07, 6.45) is 2.97. The Balaban J connectivity index is 1.66. The van der Waals surface area contributed by atoms with Gasteiger partial charge in [-0.25, -0.2) is 9.49 Å². The number of rotatable bonds is 3. The third kappa shape index (κ3) is 2.93. The van der Waals surface area contributed by atoms with E-state index < -0.39 is 11.4 Å². The Morgan fingerprint density at radius 1 is 1.17 bits per heavy atom. The molecule has 0 aliphatic carbocycles. The van der Waals surface area contributed by atoms with Crippen LogP contribution in [0.3, 0.4) is 0 Å². The summed E-state index contributed by atoms with van der Waals surface area (Å²) >= 11 is 0. The fraction of sp³-hybridized carbons (Fsp3) is 0.125. The van der Waals surface area contributed by atoms with Crippen LogP contribution < -0.4 is 11.3 Å². The topological polar surface area (TPSA) is 156 Å². The second kappa shape index (κ2) is 7.76. The maximum Gasteiger partial charge on any atom is 0.273 e. The van der Waals surface area contributed by atoms with Gasteiger partial charge in [0.2, 0.25) is 0 Å². The molecule has 0 saturated heterocycles. The van der Waals surface area contributed by atoms with Crippen molar-refractivity contribution in [2.75, 3.05) is 0 Å². The normalized spacial score (nSPS) is 11.5. The summed E-state index contributed by atoms with van der Waals surface area (Å²) in [7, 11) is 1.66. The van der Waals surface area contributed by atoms with Crippen molar-refractivity contribution in [1.29, 1.82) is 5.26 Å². The van der Waals surface area contributed by atoms with Crippen LogP contribution >= 0.6 is 0 Å². The minimum Gasteiger partial charge on any atom is -0.325 e. The average Bonchev–Trinajstić information content (AvgIpc) is 3.45. The fourth-order valence-corrected chi connectivity index (χ4v) is 4.63.